The van der Waals surface area contributed by atoms with Gasteiger partial charge in [0.2, 0.25) is 5.91 Å². The number of aliphatic carboxylic acids is 1. The van der Waals surface area contributed by atoms with E-state index in [-0.39, 0.29) is 11.6 Å². The Balaban J connectivity index is 1.63. The van der Waals surface area contributed by atoms with Gasteiger partial charge < -0.3 is 15.2 Å². The number of nitrogens with one attached hydrogen (secondary N) is 1. The van der Waals surface area contributed by atoms with E-state index in [1.165, 1.54) is 6.21 Å². The summed E-state index contributed by atoms with van der Waals surface area (Å²) in [5, 5.41) is 18.6. The lowest BCUT2D eigenvalue weighted by atomic mass is 10.1. The Labute approximate surface area is 170 Å². The average molecular weight is 411 g/mol. The van der Waals surface area contributed by atoms with Crippen LogP contribution in [0.5, 0.6) is 5.75 Å². The number of hydrogen-bond acceptors (Lipinski definition) is 7. The summed E-state index contributed by atoms with van der Waals surface area (Å²) in [6.07, 6.45) is 1.15. The van der Waals surface area contributed by atoms with E-state index in [0.717, 1.165) is 17.3 Å². The SMILES string of the molecule is Cc1cccc(C(=O)Oc2cccc(C=NN=C3NC(=O)C(CC(=O)O)S3)c2)c1. The van der Waals surface area contributed by atoms with Crippen molar-refractivity contribution in [2.24, 2.45) is 10.2 Å². The van der Waals surface area contributed by atoms with Crippen LogP contribution in [0.25, 0.3) is 0 Å². The Morgan fingerprint density at radius 3 is 2.79 bits per heavy atom. The van der Waals surface area contributed by atoms with Crippen molar-refractivity contribution in [1.82, 2.24) is 5.32 Å². The van der Waals surface area contributed by atoms with Crippen LogP contribution in [-0.2, 0) is 9.59 Å². The van der Waals surface area contributed by atoms with Crippen molar-refractivity contribution >= 4 is 41.0 Å². The van der Waals surface area contributed by atoms with E-state index in [4.69, 9.17) is 9.84 Å². The van der Waals surface area contributed by atoms with Gasteiger partial charge in [-0.2, -0.15) is 5.10 Å². The van der Waals surface area contributed by atoms with Gasteiger partial charge in [0.15, 0.2) is 5.17 Å². The van der Waals surface area contributed by atoms with Gasteiger partial charge in [0.1, 0.15) is 11.0 Å². The second-order valence-electron chi connectivity index (χ2n) is 6.17. The Morgan fingerprint density at radius 1 is 1.24 bits per heavy atom. The van der Waals surface area contributed by atoms with E-state index < -0.39 is 23.1 Å². The third-order valence-corrected chi connectivity index (χ3v) is 4.89. The minimum Gasteiger partial charge on any atom is -0.481 e. The molecule has 2 aromatic carbocycles. The van der Waals surface area contributed by atoms with Crippen LogP contribution >= 0.6 is 11.8 Å². The molecule has 8 nitrogen and oxygen atoms in total. The molecule has 1 fully saturated rings. The number of rotatable bonds is 6. The minimum atomic E-state index is -1.06. The zero-order chi connectivity index (χ0) is 20.8. The summed E-state index contributed by atoms with van der Waals surface area (Å²) in [6.45, 7) is 1.89. The number of carboxylic acid groups (broad SMARTS) is 1. The number of benzene rings is 2. The third kappa shape index (κ3) is 5.76. The molecule has 3 rings (SSSR count). The molecule has 9 heteroatoms. The minimum absolute atomic E-state index is 0.236. The molecule has 29 heavy (non-hydrogen) atoms. The zero-order valence-corrected chi connectivity index (χ0v) is 16.2. The lowest BCUT2D eigenvalue weighted by Crippen LogP contribution is -2.26. The van der Waals surface area contributed by atoms with Crippen LogP contribution in [0, 0.1) is 6.92 Å². The van der Waals surface area contributed by atoms with E-state index in [1.54, 1.807) is 42.5 Å². The van der Waals surface area contributed by atoms with E-state index in [2.05, 4.69) is 15.5 Å². The zero-order valence-electron chi connectivity index (χ0n) is 15.4. The highest BCUT2D eigenvalue weighted by atomic mass is 32.2. The molecule has 1 atom stereocenters. The molecule has 148 valence electrons. The number of esters is 1. The first-order valence-electron chi connectivity index (χ1n) is 8.60. The highest BCUT2D eigenvalue weighted by molar-refractivity contribution is 8.15. The molecule has 0 spiro atoms. The van der Waals surface area contributed by atoms with Crippen LogP contribution in [0.4, 0.5) is 0 Å². The van der Waals surface area contributed by atoms with Gasteiger partial charge in [0, 0.05) is 0 Å². The predicted octanol–water partition coefficient (Wildman–Crippen LogP) is 2.61. The summed E-state index contributed by atoms with van der Waals surface area (Å²) in [5.74, 6) is -1.56. The summed E-state index contributed by atoms with van der Waals surface area (Å²) in [4.78, 5) is 34.6. The fraction of sp³-hybridized carbons (Fsp3) is 0.150. The normalized spacial score (nSPS) is 17.5. The quantitative estimate of drug-likeness (QED) is 0.327. The predicted molar refractivity (Wildman–Crippen MR) is 109 cm³/mol. The summed E-state index contributed by atoms with van der Waals surface area (Å²) >= 11 is 1.02. The highest BCUT2D eigenvalue weighted by Gasteiger charge is 2.32. The molecule has 0 aromatic heterocycles. The smallest absolute Gasteiger partial charge is 0.343 e. The summed E-state index contributed by atoms with van der Waals surface area (Å²) in [6, 6.07) is 13.9. The molecule has 0 bridgehead atoms. The van der Waals surface area contributed by atoms with Crippen molar-refractivity contribution in [2.45, 2.75) is 18.6 Å². The first-order valence-corrected chi connectivity index (χ1v) is 9.48. The second kappa shape index (κ2) is 9.16. The van der Waals surface area contributed by atoms with Gasteiger partial charge in [-0.1, -0.05) is 41.6 Å². The van der Waals surface area contributed by atoms with E-state index >= 15 is 0 Å². The molecule has 1 heterocycles. The summed E-state index contributed by atoms with van der Waals surface area (Å²) < 4.78 is 5.39. The molecular formula is C20H17N3O5S. The topological polar surface area (TPSA) is 117 Å². The van der Waals surface area contributed by atoms with Crippen molar-refractivity contribution in [3.8, 4) is 5.75 Å². The number of ether oxygens (including phenoxy) is 1. The maximum Gasteiger partial charge on any atom is 0.343 e. The largest absolute Gasteiger partial charge is 0.481 e. The van der Waals surface area contributed by atoms with Crippen LogP contribution in [0.3, 0.4) is 0 Å². The average Bonchev–Trinajstić information content (AvgIpc) is 3.00. The van der Waals surface area contributed by atoms with Crippen molar-refractivity contribution in [1.29, 1.82) is 0 Å². The van der Waals surface area contributed by atoms with Gasteiger partial charge >= 0.3 is 11.9 Å². The molecule has 0 saturated carbocycles. The van der Waals surface area contributed by atoms with E-state index in [9.17, 15) is 14.4 Å². The third-order valence-electron chi connectivity index (χ3n) is 3.81. The number of carbonyl (C=O) groups is 3. The first kappa shape index (κ1) is 20.3. The Hall–Kier alpha value is -3.46. The van der Waals surface area contributed by atoms with Crippen molar-refractivity contribution < 1.29 is 24.2 Å². The maximum atomic E-state index is 12.2. The molecule has 1 aliphatic rings. The van der Waals surface area contributed by atoms with Crippen molar-refractivity contribution in [2.75, 3.05) is 0 Å². The van der Waals surface area contributed by atoms with Crippen LogP contribution in [0.2, 0.25) is 0 Å². The maximum absolute atomic E-state index is 12.2. The molecule has 1 unspecified atom stereocenters. The van der Waals surface area contributed by atoms with Crippen LogP contribution in [0.15, 0.2) is 58.7 Å². The molecule has 0 aliphatic carbocycles. The Kier molecular flexibility index (Phi) is 6.40. The number of carboxylic acids is 1. The number of hydrogen-bond donors (Lipinski definition) is 2. The fourth-order valence-corrected chi connectivity index (χ4v) is 3.40. The number of thioether (sulfide) groups is 1. The summed E-state index contributed by atoms with van der Waals surface area (Å²) in [5.41, 5.74) is 2.06. The van der Waals surface area contributed by atoms with Gasteiger partial charge in [-0.05, 0) is 36.8 Å². The van der Waals surface area contributed by atoms with Gasteiger partial charge in [-0.25, -0.2) is 4.79 Å². The highest BCUT2D eigenvalue weighted by Crippen LogP contribution is 2.22. The molecule has 1 amide bonds. The van der Waals surface area contributed by atoms with Crippen LogP contribution in [-0.4, -0.2) is 39.6 Å². The standard InChI is InChI=1S/C20H17N3O5S/c1-12-4-2-6-14(8-12)19(27)28-15-7-3-5-13(9-15)11-21-23-20-22-18(26)16(29-20)10-17(24)25/h2-9,11,16H,10H2,1H3,(H,24,25)(H,22,23,26). The summed E-state index contributed by atoms with van der Waals surface area (Å²) in [7, 11) is 0. The Bertz CT molecular complexity index is 1020. The molecule has 2 N–H and O–H groups in total. The first-order chi connectivity index (χ1) is 13.9. The molecule has 0 radical (unpaired) electrons. The van der Waals surface area contributed by atoms with Gasteiger partial charge in [-0.3, -0.25) is 9.59 Å². The molecule has 1 aliphatic heterocycles. The van der Waals surface area contributed by atoms with Crippen molar-refractivity contribution in [3.05, 3.63) is 65.2 Å². The number of amides is 1. The van der Waals surface area contributed by atoms with Crippen LogP contribution in [0.1, 0.15) is 27.9 Å². The van der Waals surface area contributed by atoms with Crippen LogP contribution < -0.4 is 10.1 Å². The molecule has 2 aromatic rings. The fourth-order valence-electron chi connectivity index (χ4n) is 2.49. The monoisotopic (exact) mass is 411 g/mol. The van der Waals surface area contributed by atoms with Crippen molar-refractivity contribution in [3.63, 3.8) is 0 Å². The van der Waals surface area contributed by atoms with E-state index in [0.29, 0.717) is 16.9 Å². The number of carbonyl (C=O) groups excluding carboxylic acids is 2. The lowest BCUT2D eigenvalue weighted by molar-refractivity contribution is -0.138. The molecule has 1 saturated heterocycles. The number of aryl methyl sites for hydroxylation is 1. The van der Waals surface area contributed by atoms with Gasteiger partial charge in [0.05, 0.1) is 18.2 Å². The van der Waals surface area contributed by atoms with E-state index in [1.807, 2.05) is 13.0 Å². The number of amidine groups is 1. The Morgan fingerprint density at radius 2 is 2.03 bits per heavy atom. The van der Waals surface area contributed by atoms with Gasteiger partial charge in [0.25, 0.3) is 0 Å². The molecular weight excluding hydrogens is 394 g/mol. The second-order valence-corrected chi connectivity index (χ2v) is 7.37. The lowest BCUT2D eigenvalue weighted by Gasteiger charge is -2.05. The number of nitrogens with zero attached hydrogens (tertiary/aromatic N) is 2. The van der Waals surface area contributed by atoms with Gasteiger partial charge in [-0.15, -0.1) is 5.10 Å².